The minimum absolute atomic E-state index is 0.0980. The molecule has 6 heteroatoms. The number of aliphatic hydroxyl groups is 1. The second-order valence-electron chi connectivity index (χ2n) is 13.2. The molecule has 0 amide bonds. The first kappa shape index (κ1) is 24.3. The highest BCUT2D eigenvalue weighted by atomic mass is 16.6. The van der Waals surface area contributed by atoms with E-state index < -0.39 is 23.7 Å². The topological polar surface area (TPSA) is 82.1 Å². The van der Waals surface area contributed by atoms with E-state index in [1.54, 1.807) is 7.11 Å². The van der Waals surface area contributed by atoms with Gasteiger partial charge >= 0.3 is 11.9 Å². The van der Waals surface area contributed by atoms with Crippen molar-refractivity contribution in [2.75, 3.05) is 7.11 Å². The Balaban J connectivity index is 1.70. The van der Waals surface area contributed by atoms with Crippen molar-refractivity contribution in [1.82, 2.24) is 0 Å². The van der Waals surface area contributed by atoms with Crippen molar-refractivity contribution in [3.8, 4) is 0 Å². The van der Waals surface area contributed by atoms with Gasteiger partial charge in [-0.15, -0.1) is 0 Å². The average Bonchev–Trinajstić information content (AvgIpc) is 3.13. The molecular formula is C28H42O6. The van der Waals surface area contributed by atoms with Crippen LogP contribution in [-0.2, 0) is 23.8 Å². The Hall–Kier alpha value is -1.40. The van der Waals surface area contributed by atoms with Gasteiger partial charge in [-0.3, -0.25) is 9.59 Å². The van der Waals surface area contributed by atoms with Crippen molar-refractivity contribution in [2.24, 2.45) is 39.4 Å². The van der Waals surface area contributed by atoms with Crippen molar-refractivity contribution in [3.63, 3.8) is 0 Å². The van der Waals surface area contributed by atoms with E-state index in [0.717, 1.165) is 24.8 Å². The third-order valence-corrected chi connectivity index (χ3v) is 11.3. The van der Waals surface area contributed by atoms with Gasteiger partial charge in [0, 0.05) is 25.4 Å². The lowest BCUT2D eigenvalue weighted by Crippen LogP contribution is -2.69. The quantitative estimate of drug-likeness (QED) is 0.580. The lowest BCUT2D eigenvalue weighted by Gasteiger charge is -2.71. The van der Waals surface area contributed by atoms with Crippen LogP contribution in [0.5, 0.6) is 0 Å². The zero-order valence-electron chi connectivity index (χ0n) is 21.9. The molecule has 2 unspecified atom stereocenters. The largest absolute Gasteiger partial charge is 0.462 e. The van der Waals surface area contributed by atoms with Crippen LogP contribution < -0.4 is 0 Å². The van der Waals surface area contributed by atoms with Crippen LogP contribution in [0.3, 0.4) is 0 Å². The molecule has 1 N–H and O–H groups in total. The molecule has 0 aromatic heterocycles. The number of carbonyl (C=O) groups is 2. The van der Waals surface area contributed by atoms with Crippen LogP contribution in [0.25, 0.3) is 0 Å². The molecule has 0 aromatic carbocycles. The van der Waals surface area contributed by atoms with E-state index in [9.17, 15) is 14.7 Å². The number of hydrogen-bond donors (Lipinski definition) is 1. The Bertz CT molecular complexity index is 937. The molecule has 5 rings (SSSR count). The standard InChI is InChI=1S/C28H42O6/c1-15(29)33-19-14-18-26(4)11-8-10-25(2,3)17(26)9-12-27(18,5)24-23(32-7)21(31)22-16(28(19,24)6)13-20(30)34-22/h17-19,21,23-24,31H,8-14H2,1-7H3/t17-,18+,19+,21?,23?,24-,26-,27+,28-/m0/s1. The number of carbonyl (C=O) groups excluding carboxylic acids is 2. The van der Waals surface area contributed by atoms with Crippen LogP contribution in [0, 0.1) is 39.4 Å². The number of aliphatic hydroxyl groups excluding tert-OH is 1. The number of hydrogen-bond acceptors (Lipinski definition) is 6. The van der Waals surface area contributed by atoms with Crippen LogP contribution in [-0.4, -0.2) is 42.5 Å². The first-order valence-electron chi connectivity index (χ1n) is 13.1. The summed E-state index contributed by atoms with van der Waals surface area (Å²) in [5.41, 5.74) is 0.446. The first-order valence-corrected chi connectivity index (χ1v) is 13.1. The maximum Gasteiger partial charge on any atom is 0.315 e. The van der Waals surface area contributed by atoms with Gasteiger partial charge in [0.1, 0.15) is 18.0 Å². The highest BCUT2D eigenvalue weighted by Gasteiger charge is 2.72. The number of methoxy groups -OCH3 is 1. The van der Waals surface area contributed by atoms with E-state index in [2.05, 4.69) is 34.6 Å². The van der Waals surface area contributed by atoms with Crippen molar-refractivity contribution in [3.05, 3.63) is 11.3 Å². The molecule has 34 heavy (non-hydrogen) atoms. The van der Waals surface area contributed by atoms with Gasteiger partial charge in [-0.25, -0.2) is 0 Å². The fourth-order valence-electron chi connectivity index (χ4n) is 10.2. The van der Waals surface area contributed by atoms with Gasteiger partial charge in [-0.2, -0.15) is 0 Å². The molecule has 6 nitrogen and oxygen atoms in total. The summed E-state index contributed by atoms with van der Waals surface area (Å²) in [6, 6.07) is 0. The molecule has 5 aliphatic rings. The van der Waals surface area contributed by atoms with Crippen molar-refractivity contribution in [1.29, 1.82) is 0 Å². The third kappa shape index (κ3) is 3.00. The molecule has 1 heterocycles. The summed E-state index contributed by atoms with van der Waals surface area (Å²) in [5.74, 6) is 0.509. The number of fused-ring (bicyclic) bond motifs is 6. The molecule has 0 aromatic rings. The third-order valence-electron chi connectivity index (χ3n) is 11.3. The summed E-state index contributed by atoms with van der Waals surface area (Å²) in [6.45, 7) is 13.3. The van der Waals surface area contributed by atoms with Crippen molar-refractivity contribution in [2.45, 2.75) is 105 Å². The van der Waals surface area contributed by atoms with E-state index in [1.165, 1.54) is 26.2 Å². The van der Waals surface area contributed by atoms with Crippen LogP contribution in [0.1, 0.15) is 86.5 Å². The number of esters is 2. The molecule has 0 spiro atoms. The van der Waals surface area contributed by atoms with Gasteiger partial charge in [-0.05, 0) is 65.8 Å². The summed E-state index contributed by atoms with van der Waals surface area (Å²) < 4.78 is 17.7. The minimum Gasteiger partial charge on any atom is -0.462 e. The Kier molecular flexibility index (Phi) is 5.40. The summed E-state index contributed by atoms with van der Waals surface area (Å²) in [6.07, 6.45) is 4.81. The predicted octanol–water partition coefficient (Wildman–Crippen LogP) is 4.78. The molecule has 3 fully saturated rings. The van der Waals surface area contributed by atoms with E-state index in [4.69, 9.17) is 14.2 Å². The van der Waals surface area contributed by atoms with Crippen molar-refractivity contribution < 1.29 is 28.9 Å². The van der Waals surface area contributed by atoms with E-state index in [0.29, 0.717) is 17.6 Å². The molecule has 4 aliphatic carbocycles. The second kappa shape index (κ2) is 7.55. The zero-order valence-corrected chi connectivity index (χ0v) is 21.9. The maximum absolute atomic E-state index is 12.4. The van der Waals surface area contributed by atoms with E-state index in [1.807, 2.05) is 0 Å². The summed E-state index contributed by atoms with van der Waals surface area (Å²) in [5, 5.41) is 11.4. The van der Waals surface area contributed by atoms with Crippen LogP contribution in [0.2, 0.25) is 0 Å². The summed E-state index contributed by atoms with van der Waals surface area (Å²) >= 11 is 0. The molecule has 1 aliphatic heterocycles. The molecule has 190 valence electrons. The fourth-order valence-corrected chi connectivity index (χ4v) is 10.2. The van der Waals surface area contributed by atoms with Crippen LogP contribution >= 0.6 is 0 Å². The van der Waals surface area contributed by atoms with Crippen molar-refractivity contribution >= 4 is 11.9 Å². The van der Waals surface area contributed by atoms with Gasteiger partial charge in [-0.1, -0.05) is 41.0 Å². The second-order valence-corrected chi connectivity index (χ2v) is 13.2. The molecule has 9 atom stereocenters. The first-order chi connectivity index (χ1) is 15.8. The maximum atomic E-state index is 12.4. The lowest BCUT2D eigenvalue weighted by atomic mass is 9.35. The van der Waals surface area contributed by atoms with Gasteiger partial charge < -0.3 is 19.3 Å². The zero-order chi connectivity index (χ0) is 24.8. The molecule has 0 radical (unpaired) electrons. The summed E-state index contributed by atoms with van der Waals surface area (Å²) in [4.78, 5) is 24.8. The van der Waals surface area contributed by atoms with Crippen LogP contribution in [0.4, 0.5) is 0 Å². The minimum atomic E-state index is -0.994. The SMILES string of the molecule is COC1C(O)C2=C(CC(=O)O2)[C@@]2(C)[C@H](OC(C)=O)C[C@@H]3[C@@]4(C)CCCC(C)(C)[C@@H]4CC[C@@]3(C)[C@H]12. The van der Waals surface area contributed by atoms with Crippen LogP contribution in [0.15, 0.2) is 11.3 Å². The highest BCUT2D eigenvalue weighted by molar-refractivity contribution is 5.78. The highest BCUT2D eigenvalue weighted by Crippen LogP contribution is 2.74. The van der Waals surface area contributed by atoms with Gasteiger partial charge in [0.15, 0.2) is 0 Å². The van der Waals surface area contributed by atoms with E-state index in [-0.39, 0.29) is 40.5 Å². The smallest absolute Gasteiger partial charge is 0.315 e. The van der Waals surface area contributed by atoms with E-state index >= 15 is 0 Å². The fraction of sp³-hybridized carbons (Fsp3) is 0.857. The Morgan fingerprint density at radius 1 is 1.06 bits per heavy atom. The van der Waals surface area contributed by atoms with Gasteiger partial charge in [0.05, 0.1) is 12.5 Å². The van der Waals surface area contributed by atoms with Gasteiger partial charge in [0.2, 0.25) is 0 Å². The Morgan fingerprint density at radius 2 is 1.76 bits per heavy atom. The molecular weight excluding hydrogens is 432 g/mol. The molecule has 0 bridgehead atoms. The molecule has 3 saturated carbocycles. The normalized spacial score (nSPS) is 49.4. The number of ether oxygens (including phenoxy) is 3. The number of rotatable bonds is 2. The van der Waals surface area contributed by atoms with Gasteiger partial charge in [0.25, 0.3) is 0 Å². The predicted molar refractivity (Wildman–Crippen MR) is 126 cm³/mol. The Morgan fingerprint density at radius 3 is 2.41 bits per heavy atom. The Labute approximate surface area is 203 Å². The monoisotopic (exact) mass is 474 g/mol. The summed E-state index contributed by atoms with van der Waals surface area (Å²) in [7, 11) is 1.64. The lowest BCUT2D eigenvalue weighted by molar-refractivity contribution is -0.255. The molecule has 0 saturated heterocycles. The average molecular weight is 475 g/mol.